The van der Waals surface area contributed by atoms with Gasteiger partial charge in [-0.25, -0.2) is 4.79 Å². The van der Waals surface area contributed by atoms with Gasteiger partial charge in [-0.15, -0.1) is 0 Å². The van der Waals surface area contributed by atoms with Crippen LogP contribution in [0, 0.1) is 0 Å². The Bertz CT molecular complexity index is 233. The van der Waals surface area contributed by atoms with Gasteiger partial charge in [-0.2, -0.15) is 0 Å². The van der Waals surface area contributed by atoms with Crippen molar-refractivity contribution in [1.29, 1.82) is 0 Å². The molecule has 3 nitrogen and oxygen atoms in total. The minimum absolute atomic E-state index is 0.133. The van der Waals surface area contributed by atoms with E-state index >= 15 is 0 Å². The fourth-order valence-corrected chi connectivity index (χ4v) is 2.14. The number of ether oxygens (including phenoxy) is 1. The van der Waals surface area contributed by atoms with Gasteiger partial charge in [0.1, 0.15) is 5.60 Å². The third-order valence-corrected chi connectivity index (χ3v) is 2.90. The van der Waals surface area contributed by atoms with Gasteiger partial charge in [0.25, 0.3) is 0 Å². The van der Waals surface area contributed by atoms with Crippen LogP contribution in [0.1, 0.15) is 59.8 Å². The van der Waals surface area contributed by atoms with Crippen molar-refractivity contribution in [2.45, 2.75) is 71.4 Å². The molecule has 0 saturated carbocycles. The second-order valence-electron chi connectivity index (χ2n) is 5.61. The maximum Gasteiger partial charge on any atom is 0.410 e. The predicted molar refractivity (Wildman–Crippen MR) is 65.5 cm³/mol. The second kappa shape index (κ2) is 5.55. The molecule has 1 aliphatic rings. The van der Waals surface area contributed by atoms with Gasteiger partial charge in [0.15, 0.2) is 0 Å². The normalized spacial score (nSPS) is 21.2. The maximum absolute atomic E-state index is 11.9. The molecular formula is C13H25NO2. The average molecular weight is 227 g/mol. The molecule has 1 saturated heterocycles. The van der Waals surface area contributed by atoms with E-state index in [0.29, 0.717) is 6.04 Å². The quantitative estimate of drug-likeness (QED) is 0.737. The molecule has 3 heteroatoms. The summed E-state index contributed by atoms with van der Waals surface area (Å²) >= 11 is 0. The molecule has 1 rings (SSSR count). The monoisotopic (exact) mass is 227 g/mol. The Labute approximate surface area is 99.1 Å². The molecule has 1 heterocycles. The first-order valence-electron chi connectivity index (χ1n) is 6.43. The van der Waals surface area contributed by atoms with Crippen molar-refractivity contribution in [3.63, 3.8) is 0 Å². The Balaban J connectivity index is 2.47. The van der Waals surface area contributed by atoms with Crippen LogP contribution >= 0.6 is 0 Å². The average Bonchev–Trinajstić information content (AvgIpc) is 2.59. The number of amides is 1. The van der Waals surface area contributed by atoms with Gasteiger partial charge in [-0.05, 0) is 40.0 Å². The Hall–Kier alpha value is -0.730. The van der Waals surface area contributed by atoms with Crippen LogP contribution in [0.5, 0.6) is 0 Å². The smallest absolute Gasteiger partial charge is 0.410 e. The van der Waals surface area contributed by atoms with E-state index in [0.717, 1.165) is 25.8 Å². The van der Waals surface area contributed by atoms with Gasteiger partial charge in [0.05, 0.1) is 0 Å². The summed E-state index contributed by atoms with van der Waals surface area (Å²) in [7, 11) is 0. The van der Waals surface area contributed by atoms with Crippen molar-refractivity contribution in [3.8, 4) is 0 Å². The summed E-state index contributed by atoms with van der Waals surface area (Å²) in [6, 6.07) is 0.412. The number of rotatable bonds is 3. The molecule has 0 spiro atoms. The second-order valence-corrected chi connectivity index (χ2v) is 5.61. The van der Waals surface area contributed by atoms with Gasteiger partial charge in [0.2, 0.25) is 0 Å². The van der Waals surface area contributed by atoms with E-state index in [1.54, 1.807) is 0 Å². The first-order chi connectivity index (χ1) is 7.44. The number of carbonyl (C=O) groups is 1. The number of unbranched alkanes of at least 4 members (excludes halogenated alkanes) is 1. The summed E-state index contributed by atoms with van der Waals surface area (Å²) in [5.74, 6) is 0. The van der Waals surface area contributed by atoms with Crippen molar-refractivity contribution in [3.05, 3.63) is 0 Å². The van der Waals surface area contributed by atoms with Crippen LogP contribution in [-0.4, -0.2) is 29.2 Å². The van der Waals surface area contributed by atoms with Crippen LogP contribution in [0.15, 0.2) is 0 Å². The van der Waals surface area contributed by atoms with Crippen molar-refractivity contribution >= 4 is 6.09 Å². The van der Waals surface area contributed by atoms with Crippen LogP contribution in [0.2, 0.25) is 0 Å². The zero-order valence-electron chi connectivity index (χ0n) is 11.1. The van der Waals surface area contributed by atoms with E-state index in [4.69, 9.17) is 4.74 Å². The van der Waals surface area contributed by atoms with Crippen LogP contribution in [-0.2, 0) is 4.74 Å². The summed E-state index contributed by atoms with van der Waals surface area (Å²) in [5, 5.41) is 0. The Morgan fingerprint density at radius 3 is 2.69 bits per heavy atom. The van der Waals surface area contributed by atoms with Crippen LogP contribution < -0.4 is 0 Å². The summed E-state index contributed by atoms with van der Waals surface area (Å²) < 4.78 is 5.42. The molecule has 16 heavy (non-hydrogen) atoms. The number of likely N-dealkylation sites (tertiary alicyclic amines) is 1. The fraction of sp³-hybridized carbons (Fsp3) is 0.923. The predicted octanol–water partition coefficient (Wildman–Crippen LogP) is 3.58. The highest BCUT2D eigenvalue weighted by molar-refractivity contribution is 5.68. The van der Waals surface area contributed by atoms with Gasteiger partial charge in [0, 0.05) is 12.6 Å². The SMILES string of the molecule is CCCC[C@H]1CCCN1C(=O)OC(C)(C)C. The zero-order chi connectivity index (χ0) is 12.2. The molecule has 0 radical (unpaired) electrons. The summed E-state index contributed by atoms with van der Waals surface area (Å²) in [4.78, 5) is 13.9. The molecule has 0 N–H and O–H groups in total. The standard InChI is InChI=1S/C13H25NO2/c1-5-6-8-11-9-7-10-14(11)12(15)16-13(2,3)4/h11H,5-10H2,1-4H3/t11-/m0/s1. The molecule has 0 aromatic rings. The fourth-order valence-electron chi connectivity index (χ4n) is 2.14. The Morgan fingerprint density at radius 2 is 2.12 bits per heavy atom. The van der Waals surface area contributed by atoms with Gasteiger partial charge < -0.3 is 9.64 Å². The molecule has 0 aliphatic carbocycles. The highest BCUT2D eigenvalue weighted by atomic mass is 16.6. The Morgan fingerprint density at radius 1 is 1.44 bits per heavy atom. The number of hydrogen-bond donors (Lipinski definition) is 0. The lowest BCUT2D eigenvalue weighted by atomic mass is 10.1. The van der Waals surface area contributed by atoms with Crippen LogP contribution in [0.25, 0.3) is 0 Å². The van der Waals surface area contributed by atoms with E-state index in [-0.39, 0.29) is 11.7 Å². The van der Waals surface area contributed by atoms with E-state index in [1.165, 1.54) is 12.8 Å². The molecule has 0 aromatic carbocycles. The maximum atomic E-state index is 11.9. The van der Waals surface area contributed by atoms with Crippen molar-refractivity contribution < 1.29 is 9.53 Å². The van der Waals surface area contributed by atoms with Gasteiger partial charge in [-0.1, -0.05) is 19.8 Å². The van der Waals surface area contributed by atoms with E-state index < -0.39 is 0 Å². The molecule has 0 bridgehead atoms. The van der Waals surface area contributed by atoms with Crippen molar-refractivity contribution in [2.24, 2.45) is 0 Å². The highest BCUT2D eigenvalue weighted by Gasteiger charge is 2.31. The van der Waals surface area contributed by atoms with Crippen LogP contribution in [0.4, 0.5) is 4.79 Å². The lowest BCUT2D eigenvalue weighted by Crippen LogP contribution is -2.39. The van der Waals surface area contributed by atoms with E-state index in [1.807, 2.05) is 25.7 Å². The minimum atomic E-state index is -0.380. The third kappa shape index (κ3) is 4.03. The summed E-state index contributed by atoms with van der Waals surface area (Å²) in [6.07, 6.45) is 5.64. The first kappa shape index (κ1) is 13.3. The lowest BCUT2D eigenvalue weighted by molar-refractivity contribution is 0.0219. The molecule has 94 valence electrons. The van der Waals surface area contributed by atoms with Gasteiger partial charge >= 0.3 is 6.09 Å². The van der Waals surface area contributed by atoms with E-state index in [2.05, 4.69) is 6.92 Å². The molecule has 1 amide bonds. The Kier molecular flexibility index (Phi) is 4.63. The van der Waals surface area contributed by atoms with Crippen LogP contribution in [0.3, 0.4) is 0 Å². The van der Waals surface area contributed by atoms with E-state index in [9.17, 15) is 4.79 Å². The topological polar surface area (TPSA) is 29.5 Å². The molecule has 1 aliphatic heterocycles. The van der Waals surface area contributed by atoms with Crippen molar-refractivity contribution in [1.82, 2.24) is 4.90 Å². The van der Waals surface area contributed by atoms with Crippen molar-refractivity contribution in [2.75, 3.05) is 6.54 Å². The minimum Gasteiger partial charge on any atom is -0.444 e. The summed E-state index contributed by atoms with van der Waals surface area (Å²) in [6.45, 7) is 8.81. The lowest BCUT2D eigenvalue weighted by Gasteiger charge is -2.28. The molecule has 1 atom stereocenters. The molecule has 0 unspecified atom stereocenters. The largest absolute Gasteiger partial charge is 0.444 e. The molecule has 1 fully saturated rings. The molecule has 0 aromatic heterocycles. The third-order valence-electron chi connectivity index (χ3n) is 2.90. The zero-order valence-corrected chi connectivity index (χ0v) is 11.1. The number of nitrogens with zero attached hydrogens (tertiary/aromatic N) is 1. The summed E-state index contributed by atoms with van der Waals surface area (Å²) in [5.41, 5.74) is -0.380. The molecular weight excluding hydrogens is 202 g/mol. The first-order valence-corrected chi connectivity index (χ1v) is 6.43. The number of hydrogen-bond acceptors (Lipinski definition) is 2. The highest BCUT2D eigenvalue weighted by Crippen LogP contribution is 2.24. The van der Waals surface area contributed by atoms with Gasteiger partial charge in [-0.3, -0.25) is 0 Å². The number of carbonyl (C=O) groups excluding carboxylic acids is 1.